The van der Waals surface area contributed by atoms with Crippen LogP contribution < -0.4 is 11.3 Å². The van der Waals surface area contributed by atoms with Crippen molar-refractivity contribution in [3.05, 3.63) is 34.3 Å². The summed E-state index contributed by atoms with van der Waals surface area (Å²) in [5, 5.41) is 0.800. The number of benzene rings is 1. The third kappa shape index (κ3) is 2.97. The van der Waals surface area contributed by atoms with Crippen LogP contribution in [-0.4, -0.2) is 0 Å². The minimum absolute atomic E-state index is 0.151. The summed E-state index contributed by atoms with van der Waals surface area (Å²) in [6, 6.07) is 6.28. The first-order valence-electron chi connectivity index (χ1n) is 5.69. The smallest absolute Gasteiger partial charge is 0.0488 e. The molecule has 1 aromatic carbocycles. The lowest BCUT2D eigenvalue weighted by Crippen LogP contribution is -2.34. The van der Waals surface area contributed by atoms with Crippen molar-refractivity contribution in [3.63, 3.8) is 0 Å². The Bertz CT molecular complexity index is 350. The van der Waals surface area contributed by atoms with Gasteiger partial charge in [0.05, 0.1) is 0 Å². The van der Waals surface area contributed by atoms with Gasteiger partial charge < -0.3 is 0 Å². The van der Waals surface area contributed by atoms with Gasteiger partial charge in [-0.3, -0.25) is 11.3 Å². The van der Waals surface area contributed by atoms with Crippen molar-refractivity contribution < 1.29 is 0 Å². The Labute approximate surface area is 103 Å². The van der Waals surface area contributed by atoms with Crippen LogP contribution in [0.3, 0.4) is 0 Å². The molecule has 0 fully saturated rings. The van der Waals surface area contributed by atoms with Crippen molar-refractivity contribution in [2.75, 3.05) is 0 Å². The lowest BCUT2D eigenvalue weighted by atomic mass is 9.86. The normalized spacial score (nSPS) is 15.2. The van der Waals surface area contributed by atoms with E-state index in [4.69, 9.17) is 17.4 Å². The second kappa shape index (κ2) is 5.67. The zero-order valence-electron chi connectivity index (χ0n) is 10.4. The average molecular weight is 241 g/mol. The maximum atomic E-state index is 6.13. The van der Waals surface area contributed by atoms with Gasteiger partial charge in [-0.15, -0.1) is 0 Å². The molecule has 0 spiro atoms. The largest absolute Gasteiger partial charge is 0.271 e. The maximum Gasteiger partial charge on any atom is 0.0488 e. The van der Waals surface area contributed by atoms with E-state index in [1.165, 1.54) is 0 Å². The van der Waals surface area contributed by atoms with Crippen LogP contribution in [-0.2, 0) is 0 Å². The lowest BCUT2D eigenvalue weighted by molar-refractivity contribution is 0.306. The highest BCUT2D eigenvalue weighted by Crippen LogP contribution is 2.29. The van der Waals surface area contributed by atoms with E-state index in [1.807, 2.05) is 19.1 Å². The standard InChI is InChI=1S/C13H21ClN2/c1-8(2)10(4)13(16-15)11-6-5-9(3)12(14)7-11/h5-8,10,13,16H,15H2,1-4H3. The van der Waals surface area contributed by atoms with Crippen molar-refractivity contribution in [1.82, 2.24) is 5.43 Å². The van der Waals surface area contributed by atoms with Gasteiger partial charge in [0.25, 0.3) is 0 Å². The molecule has 0 radical (unpaired) electrons. The van der Waals surface area contributed by atoms with Gasteiger partial charge in [-0.05, 0) is 36.0 Å². The number of hydrazine groups is 1. The van der Waals surface area contributed by atoms with E-state index in [2.05, 4.69) is 32.3 Å². The molecule has 1 rings (SSSR count). The number of halogens is 1. The highest BCUT2D eigenvalue weighted by molar-refractivity contribution is 6.31. The van der Waals surface area contributed by atoms with Gasteiger partial charge in [0.15, 0.2) is 0 Å². The molecule has 0 bridgehead atoms. The third-order valence-electron chi connectivity index (χ3n) is 3.31. The number of nitrogens with one attached hydrogen (secondary N) is 1. The van der Waals surface area contributed by atoms with E-state index >= 15 is 0 Å². The van der Waals surface area contributed by atoms with Gasteiger partial charge in [-0.2, -0.15) is 0 Å². The number of aryl methyl sites for hydroxylation is 1. The molecule has 0 saturated heterocycles. The minimum Gasteiger partial charge on any atom is -0.271 e. The van der Waals surface area contributed by atoms with Gasteiger partial charge in [0, 0.05) is 11.1 Å². The summed E-state index contributed by atoms with van der Waals surface area (Å²) in [5.74, 6) is 6.67. The van der Waals surface area contributed by atoms with E-state index in [1.54, 1.807) is 0 Å². The Hall–Kier alpha value is -0.570. The first kappa shape index (κ1) is 13.5. The molecule has 2 nitrogen and oxygen atoms in total. The van der Waals surface area contributed by atoms with Gasteiger partial charge in [-0.1, -0.05) is 44.5 Å². The Morgan fingerprint density at radius 1 is 1.25 bits per heavy atom. The fourth-order valence-corrected chi connectivity index (χ4v) is 1.93. The zero-order chi connectivity index (χ0) is 12.3. The predicted octanol–water partition coefficient (Wildman–Crippen LogP) is 3.44. The van der Waals surface area contributed by atoms with Crippen LogP contribution in [0.1, 0.15) is 37.9 Å². The summed E-state index contributed by atoms with van der Waals surface area (Å²) in [6.45, 7) is 8.60. The molecule has 0 saturated carbocycles. The van der Waals surface area contributed by atoms with Crippen molar-refractivity contribution in [3.8, 4) is 0 Å². The Morgan fingerprint density at radius 3 is 2.31 bits per heavy atom. The molecule has 0 amide bonds. The third-order valence-corrected chi connectivity index (χ3v) is 3.72. The van der Waals surface area contributed by atoms with Crippen LogP contribution >= 0.6 is 11.6 Å². The van der Waals surface area contributed by atoms with Gasteiger partial charge in [0.2, 0.25) is 0 Å². The van der Waals surface area contributed by atoms with E-state index < -0.39 is 0 Å². The monoisotopic (exact) mass is 240 g/mol. The van der Waals surface area contributed by atoms with Crippen LogP contribution in [0.2, 0.25) is 5.02 Å². The van der Waals surface area contributed by atoms with Gasteiger partial charge >= 0.3 is 0 Å². The van der Waals surface area contributed by atoms with Gasteiger partial charge in [0.1, 0.15) is 0 Å². The quantitative estimate of drug-likeness (QED) is 0.625. The number of rotatable bonds is 4. The molecule has 90 valence electrons. The SMILES string of the molecule is Cc1ccc(C(NN)C(C)C(C)C)cc1Cl. The summed E-state index contributed by atoms with van der Waals surface area (Å²) in [5.41, 5.74) is 5.14. The summed E-state index contributed by atoms with van der Waals surface area (Å²) in [4.78, 5) is 0. The predicted molar refractivity (Wildman–Crippen MR) is 70.3 cm³/mol. The second-order valence-corrected chi connectivity index (χ2v) is 5.16. The Balaban J connectivity index is 2.99. The number of nitrogens with two attached hydrogens (primary N) is 1. The van der Waals surface area contributed by atoms with Crippen LogP contribution in [0.4, 0.5) is 0 Å². The number of hydrogen-bond acceptors (Lipinski definition) is 2. The van der Waals surface area contributed by atoms with Crippen molar-refractivity contribution >= 4 is 11.6 Å². The molecule has 2 atom stereocenters. The minimum atomic E-state index is 0.151. The van der Waals surface area contributed by atoms with Crippen molar-refractivity contribution in [2.24, 2.45) is 17.7 Å². The molecule has 3 N–H and O–H groups in total. The average Bonchev–Trinajstić information content (AvgIpc) is 2.24. The molecule has 0 aliphatic rings. The van der Waals surface area contributed by atoms with Crippen molar-refractivity contribution in [1.29, 1.82) is 0 Å². The number of hydrogen-bond donors (Lipinski definition) is 2. The van der Waals surface area contributed by atoms with Crippen LogP contribution in [0.5, 0.6) is 0 Å². The molecule has 3 heteroatoms. The maximum absolute atomic E-state index is 6.13. The topological polar surface area (TPSA) is 38.0 Å². The zero-order valence-corrected chi connectivity index (χ0v) is 11.2. The molecule has 1 aromatic rings. The Kier molecular flexibility index (Phi) is 4.78. The molecule has 2 unspecified atom stereocenters. The molecule has 0 aromatic heterocycles. The molecular formula is C13H21ClN2. The lowest BCUT2D eigenvalue weighted by Gasteiger charge is -2.27. The highest BCUT2D eigenvalue weighted by Gasteiger charge is 2.21. The van der Waals surface area contributed by atoms with Crippen LogP contribution in [0, 0.1) is 18.8 Å². The van der Waals surface area contributed by atoms with E-state index in [9.17, 15) is 0 Å². The fourth-order valence-electron chi connectivity index (χ4n) is 1.74. The fraction of sp³-hybridized carbons (Fsp3) is 0.538. The van der Waals surface area contributed by atoms with Crippen LogP contribution in [0.25, 0.3) is 0 Å². The highest BCUT2D eigenvalue weighted by atomic mass is 35.5. The van der Waals surface area contributed by atoms with E-state index in [0.29, 0.717) is 11.8 Å². The first-order valence-corrected chi connectivity index (χ1v) is 6.07. The summed E-state index contributed by atoms with van der Waals surface area (Å²) in [7, 11) is 0. The first-order chi connectivity index (χ1) is 7.47. The summed E-state index contributed by atoms with van der Waals surface area (Å²) in [6.07, 6.45) is 0. The van der Waals surface area contributed by atoms with Crippen molar-refractivity contribution in [2.45, 2.75) is 33.7 Å². The van der Waals surface area contributed by atoms with E-state index in [0.717, 1.165) is 16.1 Å². The molecule has 0 aliphatic carbocycles. The van der Waals surface area contributed by atoms with Crippen LogP contribution in [0.15, 0.2) is 18.2 Å². The van der Waals surface area contributed by atoms with Gasteiger partial charge in [-0.25, -0.2) is 0 Å². The molecule has 16 heavy (non-hydrogen) atoms. The summed E-state index contributed by atoms with van der Waals surface area (Å²) < 4.78 is 0. The second-order valence-electron chi connectivity index (χ2n) is 4.76. The molecule has 0 aliphatic heterocycles. The summed E-state index contributed by atoms with van der Waals surface area (Å²) >= 11 is 6.13. The Morgan fingerprint density at radius 2 is 1.88 bits per heavy atom. The molecule has 0 heterocycles. The molecular weight excluding hydrogens is 220 g/mol. The van der Waals surface area contributed by atoms with E-state index in [-0.39, 0.29) is 6.04 Å².